The average molecular weight is 373 g/mol. The van der Waals surface area contributed by atoms with Crippen LogP contribution < -0.4 is 4.72 Å². The molecule has 3 fully saturated rings. The van der Waals surface area contributed by atoms with Gasteiger partial charge in [-0.2, -0.15) is 5.06 Å². The molecule has 0 aromatic heterocycles. The fraction of sp³-hybridized carbons (Fsp3) is 0.944. The summed E-state index contributed by atoms with van der Waals surface area (Å²) in [5.74, 6) is 0.264. The Balaban J connectivity index is 1.83. The Morgan fingerprint density at radius 3 is 2.20 bits per heavy atom. The Bertz CT molecular complexity index is 698. The van der Waals surface area contributed by atoms with E-state index >= 15 is 0 Å². The number of sulfonamides is 1. The maximum absolute atomic E-state index is 13.0. The van der Waals surface area contributed by atoms with E-state index in [-0.39, 0.29) is 17.0 Å². The van der Waals surface area contributed by atoms with E-state index in [2.05, 4.69) is 4.72 Å². The van der Waals surface area contributed by atoms with Crippen molar-refractivity contribution in [2.24, 2.45) is 16.7 Å². The largest absolute Gasteiger partial charge is 0.313 e. The second-order valence-electron chi connectivity index (χ2n) is 10.1. The summed E-state index contributed by atoms with van der Waals surface area (Å²) in [6.45, 7) is 11.6. The molecule has 3 atom stereocenters. The van der Waals surface area contributed by atoms with E-state index in [1.54, 1.807) is 0 Å². The SMILES string of the molecule is CC1(C)CC(NS(=O)(=O)CC23CCC(CC2=O)C3(C)C)C(C)(C)N1O. The minimum atomic E-state index is -3.65. The van der Waals surface area contributed by atoms with Crippen LogP contribution in [0.15, 0.2) is 0 Å². The number of hydrogen-bond acceptors (Lipinski definition) is 5. The number of rotatable bonds is 4. The molecule has 0 spiro atoms. The summed E-state index contributed by atoms with van der Waals surface area (Å²) in [5, 5.41) is 11.7. The number of hydroxylamine groups is 2. The van der Waals surface area contributed by atoms with Gasteiger partial charge in [-0.15, -0.1) is 0 Å². The molecule has 3 unspecified atom stereocenters. The molecule has 3 aliphatic rings. The van der Waals surface area contributed by atoms with Gasteiger partial charge in [0.05, 0.1) is 11.3 Å². The van der Waals surface area contributed by atoms with Crippen molar-refractivity contribution in [2.75, 3.05) is 5.75 Å². The zero-order valence-electron chi connectivity index (χ0n) is 16.2. The van der Waals surface area contributed by atoms with Crippen LogP contribution in [0.5, 0.6) is 0 Å². The highest BCUT2D eigenvalue weighted by Gasteiger charge is 2.65. The molecule has 144 valence electrons. The third kappa shape index (κ3) is 2.61. The van der Waals surface area contributed by atoms with Crippen molar-refractivity contribution < 1.29 is 18.4 Å². The molecule has 1 aliphatic heterocycles. The number of nitrogens with one attached hydrogen (secondary N) is 1. The molecule has 2 saturated carbocycles. The number of nitrogens with zero attached hydrogens (tertiary/aromatic N) is 1. The van der Waals surface area contributed by atoms with Crippen LogP contribution in [-0.4, -0.2) is 47.3 Å². The van der Waals surface area contributed by atoms with Gasteiger partial charge in [0.1, 0.15) is 5.78 Å². The molecular weight excluding hydrogens is 340 g/mol. The van der Waals surface area contributed by atoms with Gasteiger partial charge in [-0.3, -0.25) is 4.79 Å². The number of Topliss-reactive ketones (excluding diaryl/α,β-unsaturated/α-hetero) is 1. The topological polar surface area (TPSA) is 86.7 Å². The number of carbonyl (C=O) groups excluding carboxylic acids is 1. The monoisotopic (exact) mass is 372 g/mol. The smallest absolute Gasteiger partial charge is 0.212 e. The summed E-state index contributed by atoms with van der Waals surface area (Å²) in [4.78, 5) is 12.6. The number of fused-ring (bicyclic) bond motifs is 2. The Labute approximate surface area is 151 Å². The fourth-order valence-electron chi connectivity index (χ4n) is 5.64. The second kappa shape index (κ2) is 5.27. The quantitative estimate of drug-likeness (QED) is 0.791. The van der Waals surface area contributed by atoms with Crippen molar-refractivity contribution in [1.29, 1.82) is 0 Å². The minimum Gasteiger partial charge on any atom is -0.313 e. The highest BCUT2D eigenvalue weighted by Crippen LogP contribution is 2.64. The molecule has 0 aromatic carbocycles. The summed E-state index contributed by atoms with van der Waals surface area (Å²) in [6, 6.07) is -0.397. The molecule has 0 aromatic rings. The lowest BCUT2D eigenvalue weighted by molar-refractivity contribution is -0.193. The van der Waals surface area contributed by atoms with Crippen molar-refractivity contribution in [1.82, 2.24) is 9.79 Å². The lowest BCUT2D eigenvalue weighted by atomic mass is 9.70. The van der Waals surface area contributed by atoms with Crippen LogP contribution in [0.4, 0.5) is 0 Å². The molecule has 25 heavy (non-hydrogen) atoms. The Hall–Kier alpha value is -0.500. The van der Waals surface area contributed by atoms with Gasteiger partial charge < -0.3 is 5.21 Å². The van der Waals surface area contributed by atoms with E-state index in [4.69, 9.17) is 0 Å². The van der Waals surface area contributed by atoms with Crippen molar-refractivity contribution in [3.05, 3.63) is 0 Å². The Morgan fingerprint density at radius 2 is 1.80 bits per heavy atom. The van der Waals surface area contributed by atoms with Gasteiger partial charge >= 0.3 is 0 Å². The molecule has 7 heteroatoms. The summed E-state index contributed by atoms with van der Waals surface area (Å²) in [5.41, 5.74) is -2.25. The van der Waals surface area contributed by atoms with E-state index in [0.717, 1.165) is 6.42 Å². The van der Waals surface area contributed by atoms with Crippen molar-refractivity contribution in [3.63, 3.8) is 0 Å². The molecule has 2 N–H and O–H groups in total. The van der Waals surface area contributed by atoms with Gasteiger partial charge in [0.2, 0.25) is 10.0 Å². The molecule has 0 radical (unpaired) electrons. The lowest BCUT2D eigenvalue weighted by Gasteiger charge is -2.38. The molecule has 2 aliphatic carbocycles. The van der Waals surface area contributed by atoms with Crippen LogP contribution in [-0.2, 0) is 14.8 Å². The van der Waals surface area contributed by atoms with E-state index < -0.39 is 32.6 Å². The second-order valence-corrected chi connectivity index (χ2v) is 11.8. The van der Waals surface area contributed by atoms with Crippen LogP contribution in [0.2, 0.25) is 0 Å². The zero-order valence-corrected chi connectivity index (χ0v) is 17.0. The van der Waals surface area contributed by atoms with Crippen LogP contribution in [0.1, 0.15) is 67.2 Å². The fourth-order valence-corrected chi connectivity index (χ4v) is 7.85. The number of carbonyl (C=O) groups is 1. The van der Waals surface area contributed by atoms with Crippen molar-refractivity contribution >= 4 is 15.8 Å². The van der Waals surface area contributed by atoms with Crippen LogP contribution in [0, 0.1) is 16.7 Å². The maximum Gasteiger partial charge on any atom is 0.212 e. The van der Waals surface area contributed by atoms with Crippen LogP contribution in [0.25, 0.3) is 0 Å². The summed E-state index contributed by atoms with van der Waals surface area (Å²) in [7, 11) is -3.65. The predicted octanol–water partition coefficient (Wildman–Crippen LogP) is 2.32. The predicted molar refractivity (Wildman–Crippen MR) is 95.7 cm³/mol. The molecule has 1 saturated heterocycles. The molecule has 6 nitrogen and oxygen atoms in total. The van der Waals surface area contributed by atoms with E-state index in [1.807, 2.05) is 41.5 Å². The Kier molecular flexibility index (Phi) is 4.06. The lowest BCUT2D eigenvalue weighted by Crippen LogP contribution is -2.55. The van der Waals surface area contributed by atoms with Crippen LogP contribution >= 0.6 is 0 Å². The molecule has 2 bridgehead atoms. The highest BCUT2D eigenvalue weighted by molar-refractivity contribution is 7.89. The number of ketones is 1. The molecule has 1 heterocycles. The summed E-state index contributed by atoms with van der Waals surface area (Å²) < 4.78 is 28.8. The van der Waals surface area contributed by atoms with Crippen molar-refractivity contribution in [2.45, 2.75) is 84.3 Å². The third-order valence-electron chi connectivity index (χ3n) is 7.57. The van der Waals surface area contributed by atoms with E-state index in [1.165, 1.54) is 5.06 Å². The first kappa shape index (κ1) is 19.3. The zero-order chi connectivity index (χ0) is 19.1. The first-order valence-corrected chi connectivity index (χ1v) is 10.8. The highest BCUT2D eigenvalue weighted by atomic mass is 32.2. The molecule has 3 rings (SSSR count). The Morgan fingerprint density at radius 1 is 1.20 bits per heavy atom. The van der Waals surface area contributed by atoms with Gasteiger partial charge in [0.15, 0.2) is 0 Å². The number of hydrogen-bond donors (Lipinski definition) is 2. The van der Waals surface area contributed by atoms with Gasteiger partial charge in [-0.05, 0) is 58.3 Å². The standard InChI is InChI=1S/C18H32N2O4S/c1-15(2)10-13(17(5,6)20(15)22)19-25(23,24)11-18-8-7-12(9-14(18)21)16(18,3)4/h12-13,19,22H,7-11H2,1-6H3. The van der Waals surface area contributed by atoms with Gasteiger partial charge in [0.25, 0.3) is 0 Å². The average Bonchev–Trinajstić information content (AvgIpc) is 2.84. The van der Waals surface area contributed by atoms with Crippen LogP contribution in [0.3, 0.4) is 0 Å². The van der Waals surface area contributed by atoms with E-state index in [0.29, 0.717) is 25.2 Å². The molecule has 0 amide bonds. The first-order chi connectivity index (χ1) is 11.2. The van der Waals surface area contributed by atoms with Gasteiger partial charge in [-0.25, -0.2) is 13.1 Å². The van der Waals surface area contributed by atoms with Gasteiger partial charge in [0, 0.05) is 23.4 Å². The molecular formula is C18H32N2O4S. The van der Waals surface area contributed by atoms with E-state index in [9.17, 15) is 18.4 Å². The third-order valence-corrected chi connectivity index (χ3v) is 9.09. The summed E-state index contributed by atoms with van der Waals surface area (Å²) >= 11 is 0. The van der Waals surface area contributed by atoms with Gasteiger partial charge in [-0.1, -0.05) is 13.8 Å². The normalized spacial score (nSPS) is 39.2. The minimum absolute atomic E-state index is 0.105. The summed E-state index contributed by atoms with van der Waals surface area (Å²) in [6.07, 6.45) is 2.62. The van der Waals surface area contributed by atoms with Crippen molar-refractivity contribution in [3.8, 4) is 0 Å². The maximum atomic E-state index is 13.0. The first-order valence-electron chi connectivity index (χ1n) is 9.18.